The monoisotopic (exact) mass is 457 g/mol. The van der Waals surface area contributed by atoms with Crippen molar-refractivity contribution >= 4 is 5.91 Å². The van der Waals surface area contributed by atoms with Crippen LogP contribution in [0.3, 0.4) is 0 Å². The Hall–Kier alpha value is -4.07. The summed E-state index contributed by atoms with van der Waals surface area (Å²) in [6, 6.07) is 14.9. The first-order chi connectivity index (χ1) is 16.5. The van der Waals surface area contributed by atoms with Crippen LogP contribution in [0, 0.1) is 5.95 Å². The van der Waals surface area contributed by atoms with Crippen molar-refractivity contribution in [3.63, 3.8) is 0 Å². The maximum absolute atomic E-state index is 15.3. The number of hydrogen-bond acceptors (Lipinski definition) is 5. The number of amides is 1. The minimum atomic E-state index is -0.725. The third-order valence-corrected chi connectivity index (χ3v) is 5.86. The Bertz CT molecular complexity index is 1330. The largest absolute Gasteiger partial charge is 0.473 e. The van der Waals surface area contributed by atoms with Crippen molar-refractivity contribution in [2.75, 3.05) is 6.54 Å². The van der Waals surface area contributed by atoms with E-state index in [0.717, 1.165) is 11.1 Å². The first-order valence-corrected chi connectivity index (χ1v) is 11.2. The number of nitrogens with one attached hydrogen (secondary N) is 1. The molecular weight excluding hydrogens is 433 g/mol. The van der Waals surface area contributed by atoms with E-state index < -0.39 is 5.95 Å². The second-order valence-electron chi connectivity index (χ2n) is 8.46. The number of pyridine rings is 2. The zero-order chi connectivity index (χ0) is 23.7. The Kier molecular flexibility index (Phi) is 5.79. The van der Waals surface area contributed by atoms with Crippen molar-refractivity contribution in [2.45, 2.75) is 32.9 Å². The highest BCUT2D eigenvalue weighted by Crippen LogP contribution is 2.36. The minimum Gasteiger partial charge on any atom is -0.473 e. The van der Waals surface area contributed by atoms with Gasteiger partial charge in [0.2, 0.25) is 11.8 Å². The van der Waals surface area contributed by atoms with Gasteiger partial charge in [-0.1, -0.05) is 38.1 Å². The van der Waals surface area contributed by atoms with Gasteiger partial charge in [-0.3, -0.25) is 14.5 Å². The van der Waals surface area contributed by atoms with Crippen LogP contribution in [0.4, 0.5) is 4.39 Å². The third-order valence-electron chi connectivity index (χ3n) is 5.86. The summed E-state index contributed by atoms with van der Waals surface area (Å²) in [6.45, 7) is 5.53. The number of rotatable bonds is 6. The summed E-state index contributed by atoms with van der Waals surface area (Å²) in [4.78, 5) is 20.7. The Labute approximate surface area is 196 Å². The van der Waals surface area contributed by atoms with Crippen molar-refractivity contribution in [1.82, 2.24) is 25.1 Å². The Balaban J connectivity index is 1.46. The van der Waals surface area contributed by atoms with Gasteiger partial charge in [0.05, 0.1) is 6.54 Å². The summed E-state index contributed by atoms with van der Waals surface area (Å²) in [5, 5.41) is 7.42. The molecule has 0 bridgehead atoms. The summed E-state index contributed by atoms with van der Waals surface area (Å²) in [6.07, 6.45) is 3.27. The van der Waals surface area contributed by atoms with Gasteiger partial charge >= 0.3 is 0 Å². The van der Waals surface area contributed by atoms with Gasteiger partial charge < -0.3 is 10.1 Å². The molecule has 0 fully saturated rings. The van der Waals surface area contributed by atoms with E-state index in [0.29, 0.717) is 36.0 Å². The molecule has 0 saturated heterocycles. The number of fused-ring (bicyclic) bond motifs is 1. The van der Waals surface area contributed by atoms with Crippen LogP contribution in [0.15, 0.2) is 60.9 Å². The smallest absolute Gasteiger partial charge is 0.270 e. The van der Waals surface area contributed by atoms with Crippen molar-refractivity contribution in [3.05, 3.63) is 83.7 Å². The number of aromatic nitrogens is 4. The topological polar surface area (TPSA) is 81.9 Å². The van der Waals surface area contributed by atoms with Gasteiger partial charge in [0.1, 0.15) is 18.0 Å². The summed E-state index contributed by atoms with van der Waals surface area (Å²) in [5.74, 6) is -0.395. The van der Waals surface area contributed by atoms with E-state index in [-0.39, 0.29) is 24.0 Å². The van der Waals surface area contributed by atoms with Gasteiger partial charge in [-0.05, 0) is 35.2 Å². The van der Waals surface area contributed by atoms with E-state index in [1.54, 1.807) is 41.3 Å². The lowest BCUT2D eigenvalue weighted by atomic mass is 9.99. The average Bonchev–Trinajstić information content (AvgIpc) is 3.24. The molecule has 4 heterocycles. The van der Waals surface area contributed by atoms with Crippen molar-refractivity contribution in [3.8, 4) is 28.3 Å². The van der Waals surface area contributed by atoms with E-state index >= 15 is 4.39 Å². The van der Waals surface area contributed by atoms with E-state index in [1.165, 1.54) is 5.56 Å². The zero-order valence-corrected chi connectivity index (χ0v) is 19.0. The average molecular weight is 458 g/mol. The highest BCUT2D eigenvalue weighted by Gasteiger charge is 2.29. The molecule has 0 atom stereocenters. The maximum atomic E-state index is 15.3. The molecule has 0 aliphatic carbocycles. The molecule has 0 spiro atoms. The molecule has 5 rings (SSSR count). The molecule has 172 valence electrons. The number of halogens is 1. The van der Waals surface area contributed by atoms with Crippen molar-refractivity contribution in [1.29, 1.82) is 0 Å². The zero-order valence-electron chi connectivity index (χ0n) is 19.0. The van der Waals surface area contributed by atoms with Crippen molar-refractivity contribution < 1.29 is 13.9 Å². The molecule has 1 aliphatic rings. The molecule has 1 N–H and O–H groups in total. The van der Waals surface area contributed by atoms with E-state index in [4.69, 9.17) is 4.74 Å². The molecule has 1 aromatic carbocycles. The van der Waals surface area contributed by atoms with Crippen LogP contribution in [-0.2, 0) is 13.2 Å². The Morgan fingerprint density at radius 3 is 2.56 bits per heavy atom. The first kappa shape index (κ1) is 21.8. The molecule has 8 heteroatoms. The highest BCUT2D eigenvalue weighted by molar-refractivity contribution is 6.03. The Morgan fingerprint density at radius 2 is 1.85 bits per heavy atom. The Morgan fingerprint density at radius 1 is 1.09 bits per heavy atom. The fraction of sp³-hybridized carbons (Fsp3) is 0.231. The van der Waals surface area contributed by atoms with Gasteiger partial charge in [0, 0.05) is 41.7 Å². The van der Waals surface area contributed by atoms with Crippen LogP contribution in [0.5, 0.6) is 5.88 Å². The maximum Gasteiger partial charge on any atom is 0.270 e. The molecule has 34 heavy (non-hydrogen) atoms. The van der Waals surface area contributed by atoms with Crippen molar-refractivity contribution in [2.24, 2.45) is 0 Å². The number of carbonyl (C=O) groups is 1. The molecule has 0 saturated carbocycles. The predicted molar refractivity (Wildman–Crippen MR) is 126 cm³/mol. The quantitative estimate of drug-likeness (QED) is 0.428. The van der Waals surface area contributed by atoms with Gasteiger partial charge in [0.15, 0.2) is 0 Å². The van der Waals surface area contributed by atoms with Crippen LogP contribution >= 0.6 is 0 Å². The molecule has 0 unspecified atom stereocenters. The summed E-state index contributed by atoms with van der Waals surface area (Å²) in [5.41, 5.74) is 4.38. The van der Waals surface area contributed by atoms with Gasteiger partial charge in [-0.25, -0.2) is 0 Å². The summed E-state index contributed by atoms with van der Waals surface area (Å²) < 4.78 is 22.7. The summed E-state index contributed by atoms with van der Waals surface area (Å²) >= 11 is 0. The lowest BCUT2D eigenvalue weighted by Crippen LogP contribution is -2.35. The van der Waals surface area contributed by atoms with E-state index in [1.807, 2.05) is 12.1 Å². The molecule has 7 nitrogen and oxygen atoms in total. The number of ether oxygens (including phenoxy) is 1. The predicted octanol–water partition coefficient (Wildman–Crippen LogP) is 4.59. The second kappa shape index (κ2) is 9.05. The standard InChI is InChI=1S/C26H24FN5O2/c1-16(2)18-5-3-17(4-6-18)15-34-21-8-7-20(25(27)30-21)22-23(19-9-11-28-12-10-19)31-32-14-13-29-26(33)24(22)32/h3-12,16H,13-15H2,1-2H3,(H,29,33). The van der Waals surface area contributed by atoms with Crippen LogP contribution in [0.25, 0.3) is 22.4 Å². The highest BCUT2D eigenvalue weighted by atomic mass is 19.1. The fourth-order valence-corrected chi connectivity index (χ4v) is 4.02. The first-order valence-electron chi connectivity index (χ1n) is 11.2. The lowest BCUT2D eigenvalue weighted by Gasteiger charge is -2.15. The molecule has 0 radical (unpaired) electrons. The number of nitrogens with zero attached hydrogens (tertiary/aromatic N) is 4. The summed E-state index contributed by atoms with van der Waals surface area (Å²) in [7, 11) is 0. The molecule has 3 aromatic heterocycles. The molecular formula is C26H24FN5O2. The number of hydrogen-bond donors (Lipinski definition) is 1. The molecule has 1 amide bonds. The van der Waals surface area contributed by atoms with Crippen LogP contribution in [0.2, 0.25) is 0 Å². The van der Waals surface area contributed by atoms with E-state index in [9.17, 15) is 4.79 Å². The van der Waals surface area contributed by atoms with E-state index in [2.05, 4.69) is 46.4 Å². The van der Waals surface area contributed by atoms with Gasteiger partial charge in [-0.15, -0.1) is 0 Å². The fourth-order valence-electron chi connectivity index (χ4n) is 4.02. The number of benzene rings is 1. The van der Waals surface area contributed by atoms with Crippen LogP contribution in [-0.4, -0.2) is 32.2 Å². The van der Waals surface area contributed by atoms with Gasteiger partial charge in [-0.2, -0.15) is 14.5 Å². The van der Waals surface area contributed by atoms with Crippen LogP contribution < -0.4 is 10.1 Å². The molecule has 4 aromatic rings. The normalized spacial score (nSPS) is 13.0. The minimum absolute atomic E-state index is 0.171. The van der Waals surface area contributed by atoms with Crippen LogP contribution in [0.1, 0.15) is 41.4 Å². The van der Waals surface area contributed by atoms with Gasteiger partial charge in [0.25, 0.3) is 5.91 Å². The third kappa shape index (κ3) is 4.14. The number of carbonyl (C=O) groups excluding carboxylic acids is 1. The lowest BCUT2D eigenvalue weighted by molar-refractivity contribution is 0.0925. The molecule has 1 aliphatic heterocycles. The second-order valence-corrected chi connectivity index (χ2v) is 8.46. The SMILES string of the molecule is CC(C)c1ccc(COc2ccc(-c3c(-c4ccncc4)nn4c3C(=O)NCC4)c(F)n2)cc1.